The molecule has 2 saturated heterocycles. The summed E-state index contributed by atoms with van der Waals surface area (Å²) in [5, 5.41) is 14.6. The smallest absolute Gasteiger partial charge is 0.135 e. The first-order chi connectivity index (χ1) is 17.7. The van der Waals surface area contributed by atoms with Crippen molar-refractivity contribution in [2.75, 3.05) is 61.1 Å². The van der Waals surface area contributed by atoms with E-state index in [0.717, 1.165) is 81.8 Å². The molecule has 0 bridgehead atoms. The number of aliphatic hydroxyl groups excluding tert-OH is 1. The van der Waals surface area contributed by atoms with Crippen molar-refractivity contribution in [3.05, 3.63) is 72.1 Å². The standard InChI is InChI=1S/C28H34N6O2/c35-26-19-34(12-10-25(26)33-11-9-21-5-1-2-6-22(21)18-33)28-17-27(29-20-30-28)31-23-7-3-4-8-24(23)32-13-15-36-16-14-32/h1-8,17,20,25-26,35H,9-16,18-19H2,(H,29,30,31)/t25-,26-/m1/s1. The zero-order chi connectivity index (χ0) is 24.3. The van der Waals surface area contributed by atoms with Gasteiger partial charge in [-0.3, -0.25) is 4.90 Å². The molecule has 1 aromatic heterocycles. The summed E-state index contributed by atoms with van der Waals surface area (Å²) < 4.78 is 5.52. The third kappa shape index (κ3) is 4.89. The molecule has 0 amide bonds. The Bertz CT molecular complexity index is 1180. The van der Waals surface area contributed by atoms with E-state index in [2.05, 4.69) is 72.4 Å². The lowest BCUT2D eigenvalue weighted by Crippen LogP contribution is -2.55. The molecule has 188 valence electrons. The van der Waals surface area contributed by atoms with E-state index in [1.165, 1.54) is 11.1 Å². The Kier molecular flexibility index (Phi) is 6.72. The number of para-hydroxylation sites is 2. The van der Waals surface area contributed by atoms with Crippen LogP contribution in [0.15, 0.2) is 60.9 Å². The zero-order valence-corrected chi connectivity index (χ0v) is 20.6. The van der Waals surface area contributed by atoms with Crippen LogP contribution in [-0.4, -0.2) is 78.1 Å². The van der Waals surface area contributed by atoms with E-state index < -0.39 is 6.10 Å². The molecule has 0 unspecified atom stereocenters. The van der Waals surface area contributed by atoms with Crippen LogP contribution in [0.2, 0.25) is 0 Å². The molecule has 36 heavy (non-hydrogen) atoms. The highest BCUT2D eigenvalue weighted by atomic mass is 16.5. The molecule has 8 heteroatoms. The molecule has 0 saturated carbocycles. The third-order valence-electron chi connectivity index (χ3n) is 7.67. The Morgan fingerprint density at radius 3 is 2.56 bits per heavy atom. The van der Waals surface area contributed by atoms with E-state index in [-0.39, 0.29) is 6.04 Å². The van der Waals surface area contributed by atoms with Gasteiger partial charge in [0.05, 0.1) is 30.7 Å². The van der Waals surface area contributed by atoms with E-state index in [0.29, 0.717) is 6.54 Å². The number of nitrogens with zero attached hydrogens (tertiary/aromatic N) is 5. The van der Waals surface area contributed by atoms with Gasteiger partial charge in [-0.25, -0.2) is 9.97 Å². The van der Waals surface area contributed by atoms with Gasteiger partial charge in [-0.05, 0) is 36.1 Å². The number of rotatable bonds is 5. The van der Waals surface area contributed by atoms with Gasteiger partial charge in [-0.15, -0.1) is 0 Å². The van der Waals surface area contributed by atoms with E-state index in [1.54, 1.807) is 6.33 Å². The maximum absolute atomic E-state index is 11.1. The maximum atomic E-state index is 11.1. The number of nitrogens with one attached hydrogen (secondary N) is 1. The predicted molar refractivity (Wildman–Crippen MR) is 142 cm³/mol. The number of anilines is 4. The second-order valence-electron chi connectivity index (χ2n) is 9.86. The summed E-state index contributed by atoms with van der Waals surface area (Å²) in [4.78, 5) is 16.0. The molecule has 3 aromatic rings. The highest BCUT2D eigenvalue weighted by molar-refractivity contribution is 5.75. The Labute approximate surface area is 212 Å². The second-order valence-corrected chi connectivity index (χ2v) is 9.86. The molecule has 2 N–H and O–H groups in total. The lowest BCUT2D eigenvalue weighted by atomic mass is 9.94. The fourth-order valence-corrected chi connectivity index (χ4v) is 5.74. The summed E-state index contributed by atoms with van der Waals surface area (Å²) >= 11 is 0. The Morgan fingerprint density at radius 1 is 0.889 bits per heavy atom. The molecule has 6 rings (SSSR count). The summed E-state index contributed by atoms with van der Waals surface area (Å²) in [6.45, 7) is 6.60. The van der Waals surface area contributed by atoms with Crippen molar-refractivity contribution in [3.8, 4) is 0 Å². The summed E-state index contributed by atoms with van der Waals surface area (Å²) in [6, 6.07) is 19.2. The van der Waals surface area contributed by atoms with Crippen molar-refractivity contribution in [3.63, 3.8) is 0 Å². The van der Waals surface area contributed by atoms with Gasteiger partial charge in [-0.1, -0.05) is 36.4 Å². The highest BCUT2D eigenvalue weighted by Crippen LogP contribution is 2.31. The van der Waals surface area contributed by atoms with Crippen molar-refractivity contribution in [1.29, 1.82) is 0 Å². The molecule has 3 aliphatic rings. The maximum Gasteiger partial charge on any atom is 0.135 e. The fourth-order valence-electron chi connectivity index (χ4n) is 5.74. The Morgan fingerprint density at radius 2 is 1.69 bits per heavy atom. The number of hydrogen-bond acceptors (Lipinski definition) is 8. The first-order valence-electron chi connectivity index (χ1n) is 13.0. The second kappa shape index (κ2) is 10.4. The molecule has 0 radical (unpaired) electrons. The molecule has 2 aromatic carbocycles. The van der Waals surface area contributed by atoms with Gasteiger partial charge in [0, 0.05) is 51.4 Å². The van der Waals surface area contributed by atoms with Gasteiger partial charge in [-0.2, -0.15) is 0 Å². The van der Waals surface area contributed by atoms with Crippen molar-refractivity contribution in [2.45, 2.75) is 31.5 Å². The van der Waals surface area contributed by atoms with Crippen LogP contribution in [-0.2, 0) is 17.7 Å². The first-order valence-corrected chi connectivity index (χ1v) is 13.0. The number of hydrogen-bond donors (Lipinski definition) is 2. The van der Waals surface area contributed by atoms with Gasteiger partial charge in [0.1, 0.15) is 18.0 Å². The molecular formula is C28H34N6O2. The van der Waals surface area contributed by atoms with E-state index in [9.17, 15) is 5.11 Å². The minimum atomic E-state index is -0.419. The van der Waals surface area contributed by atoms with Crippen molar-refractivity contribution >= 4 is 23.0 Å². The number of piperidine rings is 1. The lowest BCUT2D eigenvalue weighted by Gasteiger charge is -2.43. The monoisotopic (exact) mass is 486 g/mol. The van der Waals surface area contributed by atoms with Crippen LogP contribution in [0.3, 0.4) is 0 Å². The zero-order valence-electron chi connectivity index (χ0n) is 20.6. The molecule has 3 aliphatic heterocycles. The van der Waals surface area contributed by atoms with E-state index >= 15 is 0 Å². The number of aromatic nitrogens is 2. The first kappa shape index (κ1) is 23.2. The van der Waals surface area contributed by atoms with Gasteiger partial charge in [0.25, 0.3) is 0 Å². The van der Waals surface area contributed by atoms with Crippen molar-refractivity contribution < 1.29 is 9.84 Å². The predicted octanol–water partition coefficient (Wildman–Crippen LogP) is 3.05. The topological polar surface area (TPSA) is 77.0 Å². The lowest BCUT2D eigenvalue weighted by molar-refractivity contribution is 0.0293. The largest absolute Gasteiger partial charge is 0.390 e. The van der Waals surface area contributed by atoms with Gasteiger partial charge < -0.3 is 25.0 Å². The van der Waals surface area contributed by atoms with Crippen LogP contribution in [0.1, 0.15) is 17.5 Å². The molecule has 2 fully saturated rings. The van der Waals surface area contributed by atoms with E-state index in [1.807, 2.05) is 12.1 Å². The average Bonchev–Trinajstić information content (AvgIpc) is 2.94. The van der Waals surface area contributed by atoms with Gasteiger partial charge in [0.15, 0.2) is 0 Å². The molecule has 0 aliphatic carbocycles. The molecular weight excluding hydrogens is 452 g/mol. The van der Waals surface area contributed by atoms with Crippen molar-refractivity contribution in [1.82, 2.24) is 14.9 Å². The van der Waals surface area contributed by atoms with Gasteiger partial charge in [0.2, 0.25) is 0 Å². The number of ether oxygens (including phenoxy) is 1. The van der Waals surface area contributed by atoms with Gasteiger partial charge >= 0.3 is 0 Å². The summed E-state index contributed by atoms with van der Waals surface area (Å²) in [5.41, 5.74) is 5.01. The fraction of sp³-hybridized carbons (Fsp3) is 0.429. The number of fused-ring (bicyclic) bond motifs is 1. The van der Waals surface area contributed by atoms with Crippen LogP contribution >= 0.6 is 0 Å². The summed E-state index contributed by atoms with van der Waals surface area (Å²) in [7, 11) is 0. The third-order valence-corrected chi connectivity index (χ3v) is 7.67. The van der Waals surface area contributed by atoms with Crippen LogP contribution in [0, 0.1) is 0 Å². The molecule has 4 heterocycles. The number of β-amino-alcohol motifs (C(OH)–C–C–N with tert-alkyl or cyclic N) is 1. The summed E-state index contributed by atoms with van der Waals surface area (Å²) in [5.74, 6) is 1.60. The highest BCUT2D eigenvalue weighted by Gasteiger charge is 2.34. The van der Waals surface area contributed by atoms with Crippen LogP contribution in [0.5, 0.6) is 0 Å². The SMILES string of the molecule is O[C@@H]1CN(c2cc(Nc3ccccc3N3CCOCC3)ncn2)CC[C@H]1N1CCc2ccccc2C1. The molecule has 0 spiro atoms. The molecule has 8 nitrogen and oxygen atoms in total. The number of benzene rings is 2. The van der Waals surface area contributed by atoms with Crippen molar-refractivity contribution in [2.24, 2.45) is 0 Å². The number of morpholine rings is 1. The van der Waals surface area contributed by atoms with Crippen LogP contribution in [0.4, 0.5) is 23.0 Å². The Balaban J connectivity index is 1.12. The quantitative estimate of drug-likeness (QED) is 0.570. The minimum Gasteiger partial charge on any atom is -0.390 e. The minimum absolute atomic E-state index is 0.175. The van der Waals surface area contributed by atoms with Crippen LogP contribution in [0.25, 0.3) is 0 Å². The Hall–Kier alpha value is -3.20. The number of aliphatic hydroxyl groups is 1. The summed E-state index contributed by atoms with van der Waals surface area (Å²) in [6.07, 6.45) is 3.15. The van der Waals surface area contributed by atoms with E-state index in [4.69, 9.17) is 4.74 Å². The van der Waals surface area contributed by atoms with Crippen LogP contribution < -0.4 is 15.1 Å². The normalized spacial score (nSPS) is 22.8. The average molecular weight is 487 g/mol. The molecule has 2 atom stereocenters.